The highest BCUT2D eigenvalue weighted by molar-refractivity contribution is 5.89. The van der Waals surface area contributed by atoms with Crippen molar-refractivity contribution in [1.29, 1.82) is 0 Å². The van der Waals surface area contributed by atoms with E-state index in [2.05, 4.69) is 17.2 Å². The topological polar surface area (TPSA) is 163 Å². The maximum atomic E-state index is 12.7. The van der Waals surface area contributed by atoms with Crippen molar-refractivity contribution in [1.82, 2.24) is 10.0 Å². The number of amides is 1. The van der Waals surface area contributed by atoms with Gasteiger partial charge in [-0.2, -0.15) is 0 Å². The molecule has 0 aromatic carbocycles. The van der Waals surface area contributed by atoms with E-state index in [0.717, 1.165) is 37.8 Å². The van der Waals surface area contributed by atoms with Crippen LogP contribution in [0.1, 0.15) is 91.9 Å². The number of carbonyl (C=O) groups is 4. The molecule has 0 saturated carbocycles. The van der Waals surface area contributed by atoms with Crippen molar-refractivity contribution in [3.8, 4) is 23.6 Å². The molecule has 0 bridgehead atoms. The first kappa shape index (κ1) is 34.6. The van der Waals surface area contributed by atoms with Gasteiger partial charge in [-0.25, -0.2) is 4.79 Å². The molecular weight excluding hydrogens is 548 g/mol. The van der Waals surface area contributed by atoms with Crippen molar-refractivity contribution >= 4 is 23.6 Å². The Kier molecular flexibility index (Phi) is 13.8. The number of rotatable bonds is 17. The first-order valence-corrected chi connectivity index (χ1v) is 14.3. The van der Waals surface area contributed by atoms with Gasteiger partial charge in [-0.1, -0.05) is 0 Å². The molecule has 12 heteroatoms. The fourth-order valence-electron chi connectivity index (χ4n) is 4.02. The second kappa shape index (κ2) is 16.8. The fraction of sp³-hybridized carbons (Fsp3) is 0.667. The third kappa shape index (κ3) is 13.0. The minimum Gasteiger partial charge on any atom is -0.492 e. The molecule has 1 heterocycles. The molecule has 0 fully saturated rings. The summed E-state index contributed by atoms with van der Waals surface area (Å²) in [6, 6.07) is 2.31. The van der Waals surface area contributed by atoms with Crippen LogP contribution < -0.4 is 10.2 Å². The predicted molar refractivity (Wildman–Crippen MR) is 151 cm³/mol. The fourth-order valence-corrected chi connectivity index (χ4v) is 4.02. The lowest BCUT2D eigenvalue weighted by Gasteiger charge is -2.29. The van der Waals surface area contributed by atoms with Crippen LogP contribution in [-0.4, -0.2) is 75.6 Å². The monoisotopic (exact) mass is 592 g/mol. The molecule has 0 aliphatic heterocycles. The van der Waals surface area contributed by atoms with Crippen molar-refractivity contribution in [2.24, 2.45) is 0 Å². The van der Waals surface area contributed by atoms with E-state index in [9.17, 15) is 29.4 Å². The molecule has 42 heavy (non-hydrogen) atoms. The summed E-state index contributed by atoms with van der Waals surface area (Å²) in [5.41, 5.74) is -1.67. The number of aromatic hydroxyl groups is 2. The lowest BCUT2D eigenvalue weighted by molar-refractivity contribution is -0.153. The van der Waals surface area contributed by atoms with Gasteiger partial charge in [0, 0.05) is 44.4 Å². The number of carbonyl (C=O) groups excluding carboxylic acids is 4. The van der Waals surface area contributed by atoms with Crippen molar-refractivity contribution < 1.29 is 48.4 Å². The molecule has 0 radical (unpaired) electrons. The third-order valence-corrected chi connectivity index (χ3v) is 6.70. The molecule has 1 amide bonds. The zero-order valence-electron chi connectivity index (χ0n) is 25.0. The molecule has 3 N–H and O–H groups in total. The van der Waals surface area contributed by atoms with Gasteiger partial charge in [0.25, 0.3) is 0 Å². The molecule has 234 valence electrons. The van der Waals surface area contributed by atoms with Crippen LogP contribution in [0, 0.1) is 11.8 Å². The Morgan fingerprint density at radius 3 is 2.29 bits per heavy atom. The van der Waals surface area contributed by atoms with Crippen LogP contribution >= 0.6 is 0 Å². The predicted octanol–water partition coefficient (Wildman–Crippen LogP) is 2.96. The van der Waals surface area contributed by atoms with Crippen LogP contribution in [-0.2, 0) is 33.4 Å². The number of hydrogen-bond acceptors (Lipinski definition) is 10. The lowest BCUT2D eigenvalue weighted by atomic mass is 9.98. The van der Waals surface area contributed by atoms with Gasteiger partial charge < -0.3 is 34.6 Å². The van der Waals surface area contributed by atoms with Crippen LogP contribution in [0.15, 0.2) is 12.1 Å². The molecule has 1 aliphatic carbocycles. The summed E-state index contributed by atoms with van der Waals surface area (Å²) in [5.74, 6) is 3.50. The summed E-state index contributed by atoms with van der Waals surface area (Å²) in [6.45, 7) is 7.77. The minimum absolute atomic E-state index is 0.00955. The molecule has 0 saturated heterocycles. The van der Waals surface area contributed by atoms with Crippen molar-refractivity contribution in [3.05, 3.63) is 12.1 Å². The van der Waals surface area contributed by atoms with Gasteiger partial charge in [0.15, 0.2) is 5.78 Å². The quantitative estimate of drug-likeness (QED) is 0.139. The smallest absolute Gasteiger partial charge is 0.333 e. The van der Waals surface area contributed by atoms with E-state index in [1.807, 2.05) is 13.8 Å². The van der Waals surface area contributed by atoms with E-state index >= 15 is 0 Å². The van der Waals surface area contributed by atoms with Crippen LogP contribution in [0.5, 0.6) is 11.8 Å². The number of ether oxygens (including phenoxy) is 3. The number of esters is 1. The Bertz CT molecular complexity index is 1110. The lowest BCUT2D eigenvalue weighted by Crippen LogP contribution is -2.38. The zero-order valence-corrected chi connectivity index (χ0v) is 25.0. The summed E-state index contributed by atoms with van der Waals surface area (Å²) in [7, 11) is 0. The summed E-state index contributed by atoms with van der Waals surface area (Å²) < 4.78 is 17.8. The minimum atomic E-state index is -1.07. The third-order valence-electron chi connectivity index (χ3n) is 6.70. The number of Topliss-reactive ketones (excluding diaryl/α,β-unsaturated/α-hetero) is 1. The average Bonchev–Trinajstić information content (AvgIpc) is 3.21. The molecule has 0 spiro atoms. The molecule has 1 aliphatic rings. The van der Waals surface area contributed by atoms with Gasteiger partial charge in [0.05, 0.1) is 31.7 Å². The maximum absolute atomic E-state index is 12.7. The summed E-state index contributed by atoms with van der Waals surface area (Å²) in [6.07, 6.45) is 3.91. The average molecular weight is 593 g/mol. The van der Waals surface area contributed by atoms with E-state index in [1.165, 1.54) is 0 Å². The standard InChI is InChI=1S/C30H44N2O10/c1-29(2,39-21-19-31-24(34)13-17-28(38)42-32-25(35)14-15-26(32)36)18-20-40-30(3,4)23(33)12-16-27(37)41-22-10-8-6-5-7-9-11-22/h14-15,22,35-36H,6,8-13,16-21H2,1-4H3,(H,31,34). The first-order chi connectivity index (χ1) is 19.8. The molecule has 1 unspecified atom stereocenters. The Balaban J connectivity index is 1.59. The summed E-state index contributed by atoms with van der Waals surface area (Å²) >= 11 is 0. The maximum Gasteiger partial charge on any atom is 0.333 e. The van der Waals surface area contributed by atoms with E-state index in [-0.39, 0.29) is 69.2 Å². The second-order valence-corrected chi connectivity index (χ2v) is 11.2. The Morgan fingerprint density at radius 2 is 1.57 bits per heavy atom. The molecular formula is C30H44N2O10. The van der Waals surface area contributed by atoms with Gasteiger partial charge >= 0.3 is 11.9 Å². The largest absolute Gasteiger partial charge is 0.492 e. The van der Waals surface area contributed by atoms with Crippen molar-refractivity contribution in [2.75, 3.05) is 19.8 Å². The molecule has 12 nitrogen and oxygen atoms in total. The van der Waals surface area contributed by atoms with Gasteiger partial charge in [-0.05, 0) is 53.4 Å². The molecule has 1 aromatic rings. The number of nitrogens with one attached hydrogen (secondary N) is 1. The number of hydrogen-bond donors (Lipinski definition) is 3. The van der Waals surface area contributed by atoms with Gasteiger partial charge in [-0.3, -0.25) is 14.4 Å². The number of aromatic nitrogens is 1. The van der Waals surface area contributed by atoms with E-state index < -0.39 is 28.9 Å². The van der Waals surface area contributed by atoms with Crippen LogP contribution in [0.3, 0.4) is 0 Å². The highest BCUT2D eigenvalue weighted by Gasteiger charge is 2.30. The summed E-state index contributed by atoms with van der Waals surface area (Å²) in [5, 5.41) is 21.6. The van der Waals surface area contributed by atoms with Gasteiger partial charge in [0.2, 0.25) is 17.7 Å². The highest BCUT2D eigenvalue weighted by Crippen LogP contribution is 2.21. The van der Waals surface area contributed by atoms with E-state index in [4.69, 9.17) is 19.0 Å². The van der Waals surface area contributed by atoms with Crippen LogP contribution in [0.2, 0.25) is 0 Å². The molecule has 1 atom stereocenters. The van der Waals surface area contributed by atoms with Gasteiger partial charge in [0.1, 0.15) is 11.7 Å². The van der Waals surface area contributed by atoms with Crippen LogP contribution in [0.25, 0.3) is 0 Å². The molecule has 1 aromatic heterocycles. The Labute approximate surface area is 247 Å². The van der Waals surface area contributed by atoms with Gasteiger partial charge in [-0.15, -0.1) is 16.6 Å². The van der Waals surface area contributed by atoms with E-state index in [0.29, 0.717) is 17.6 Å². The highest BCUT2D eigenvalue weighted by atomic mass is 16.7. The Morgan fingerprint density at radius 1 is 0.905 bits per heavy atom. The number of nitrogens with zero attached hydrogens (tertiary/aromatic N) is 1. The first-order valence-electron chi connectivity index (χ1n) is 14.3. The second-order valence-electron chi connectivity index (χ2n) is 11.2. The van der Waals surface area contributed by atoms with Crippen molar-refractivity contribution in [3.63, 3.8) is 0 Å². The molecule has 2 rings (SSSR count). The van der Waals surface area contributed by atoms with Crippen molar-refractivity contribution in [2.45, 2.75) is 109 Å². The SMILES string of the molecule is CC(C)(CCOC(C)(C)C(=O)CCC(=O)OC1CCC#CCCC1)OCCNC(=O)CCC(=O)On1c(O)ccc1O. The summed E-state index contributed by atoms with van der Waals surface area (Å²) in [4.78, 5) is 53.6. The van der Waals surface area contributed by atoms with Crippen LogP contribution in [0.4, 0.5) is 0 Å². The normalized spacial score (nSPS) is 15.5. The Hall–Kier alpha value is -3.56. The van der Waals surface area contributed by atoms with E-state index in [1.54, 1.807) is 13.8 Å². The zero-order chi connectivity index (χ0) is 31.2. The number of ketones is 1.